The summed E-state index contributed by atoms with van der Waals surface area (Å²) in [7, 11) is 0. The van der Waals surface area contributed by atoms with Crippen molar-refractivity contribution >= 4 is 11.8 Å². The minimum absolute atomic E-state index is 0.692. The van der Waals surface area contributed by atoms with Crippen LogP contribution in [0.2, 0.25) is 0 Å². The van der Waals surface area contributed by atoms with Gasteiger partial charge >= 0.3 is 0 Å². The van der Waals surface area contributed by atoms with E-state index >= 15 is 0 Å². The third-order valence-electron chi connectivity index (χ3n) is 2.70. The molecule has 1 aromatic heterocycles. The predicted octanol–water partition coefficient (Wildman–Crippen LogP) is 2.05. The van der Waals surface area contributed by atoms with Crippen molar-refractivity contribution in [2.75, 3.05) is 12.3 Å². The van der Waals surface area contributed by atoms with Crippen molar-refractivity contribution < 1.29 is 0 Å². The van der Waals surface area contributed by atoms with E-state index in [1.807, 2.05) is 6.20 Å². The number of nitrogens with zero attached hydrogens (tertiary/aromatic N) is 2. The molecule has 0 unspecified atom stereocenters. The summed E-state index contributed by atoms with van der Waals surface area (Å²) in [5, 5.41) is 1.14. The van der Waals surface area contributed by atoms with Crippen molar-refractivity contribution in [2.24, 2.45) is 5.73 Å². The SMILES string of the molecule is NCCSc1nccn1C1CCCC1. The Morgan fingerprint density at radius 1 is 1.50 bits per heavy atom. The van der Waals surface area contributed by atoms with Crippen LogP contribution in [0.15, 0.2) is 17.6 Å². The van der Waals surface area contributed by atoms with E-state index in [1.54, 1.807) is 11.8 Å². The summed E-state index contributed by atoms with van der Waals surface area (Å²) in [6.45, 7) is 0.724. The molecule has 3 nitrogen and oxygen atoms in total. The van der Waals surface area contributed by atoms with Gasteiger partial charge in [-0.1, -0.05) is 24.6 Å². The molecule has 14 heavy (non-hydrogen) atoms. The molecule has 78 valence electrons. The third-order valence-corrected chi connectivity index (χ3v) is 3.71. The van der Waals surface area contributed by atoms with E-state index in [0.717, 1.165) is 17.5 Å². The number of hydrogen-bond acceptors (Lipinski definition) is 3. The predicted molar refractivity (Wildman–Crippen MR) is 59.5 cm³/mol. The van der Waals surface area contributed by atoms with Gasteiger partial charge in [0.05, 0.1) is 0 Å². The van der Waals surface area contributed by atoms with E-state index in [-0.39, 0.29) is 0 Å². The Balaban J connectivity index is 2.04. The Bertz CT molecular complexity index is 279. The van der Waals surface area contributed by atoms with Crippen LogP contribution >= 0.6 is 11.8 Å². The maximum absolute atomic E-state index is 5.49. The Morgan fingerprint density at radius 2 is 2.29 bits per heavy atom. The summed E-state index contributed by atoms with van der Waals surface area (Å²) < 4.78 is 2.33. The molecule has 0 aliphatic heterocycles. The highest BCUT2D eigenvalue weighted by Gasteiger charge is 2.18. The van der Waals surface area contributed by atoms with E-state index in [2.05, 4.69) is 15.7 Å². The Morgan fingerprint density at radius 3 is 3.00 bits per heavy atom. The van der Waals surface area contributed by atoms with Gasteiger partial charge in [0, 0.05) is 30.7 Å². The van der Waals surface area contributed by atoms with Crippen LogP contribution in [0.5, 0.6) is 0 Å². The molecular formula is C10H17N3S. The summed E-state index contributed by atoms with van der Waals surface area (Å²) in [5.41, 5.74) is 5.49. The first kappa shape index (κ1) is 10.1. The Hall–Kier alpha value is -0.480. The van der Waals surface area contributed by atoms with Gasteiger partial charge in [-0.25, -0.2) is 4.98 Å². The minimum Gasteiger partial charge on any atom is -0.330 e. The fourth-order valence-corrected chi connectivity index (χ4v) is 2.82. The quantitative estimate of drug-likeness (QED) is 0.775. The van der Waals surface area contributed by atoms with E-state index in [9.17, 15) is 0 Å². The first-order chi connectivity index (χ1) is 6.92. The van der Waals surface area contributed by atoms with Crippen LogP contribution in [0.25, 0.3) is 0 Å². The molecule has 2 N–H and O–H groups in total. The zero-order chi connectivity index (χ0) is 9.80. The van der Waals surface area contributed by atoms with Gasteiger partial charge in [0.1, 0.15) is 0 Å². The van der Waals surface area contributed by atoms with Gasteiger partial charge in [0.25, 0.3) is 0 Å². The second-order valence-electron chi connectivity index (χ2n) is 3.69. The van der Waals surface area contributed by atoms with Crippen molar-refractivity contribution in [3.05, 3.63) is 12.4 Å². The van der Waals surface area contributed by atoms with E-state index in [4.69, 9.17) is 5.73 Å². The monoisotopic (exact) mass is 211 g/mol. The lowest BCUT2D eigenvalue weighted by molar-refractivity contribution is 0.481. The molecule has 0 bridgehead atoms. The van der Waals surface area contributed by atoms with Gasteiger partial charge < -0.3 is 10.3 Å². The van der Waals surface area contributed by atoms with Crippen molar-refractivity contribution in [3.63, 3.8) is 0 Å². The highest BCUT2D eigenvalue weighted by atomic mass is 32.2. The number of thioether (sulfide) groups is 1. The third kappa shape index (κ3) is 2.12. The van der Waals surface area contributed by atoms with Crippen LogP contribution in [0.3, 0.4) is 0 Å². The number of rotatable bonds is 4. The summed E-state index contributed by atoms with van der Waals surface area (Å²) >= 11 is 1.77. The molecule has 1 heterocycles. The molecule has 0 atom stereocenters. The number of nitrogens with two attached hydrogens (primary N) is 1. The zero-order valence-corrected chi connectivity index (χ0v) is 9.17. The second kappa shape index (κ2) is 4.84. The number of imidazole rings is 1. The molecule has 1 aliphatic rings. The average Bonchev–Trinajstić information content (AvgIpc) is 2.84. The van der Waals surface area contributed by atoms with Crippen LogP contribution in [0.1, 0.15) is 31.7 Å². The molecule has 1 aliphatic carbocycles. The molecule has 0 aromatic carbocycles. The van der Waals surface area contributed by atoms with E-state index < -0.39 is 0 Å². The largest absolute Gasteiger partial charge is 0.330 e. The van der Waals surface area contributed by atoms with Gasteiger partial charge in [-0.2, -0.15) is 0 Å². The van der Waals surface area contributed by atoms with Crippen molar-refractivity contribution in [1.82, 2.24) is 9.55 Å². The Kier molecular flexibility index (Phi) is 3.48. The molecule has 1 saturated carbocycles. The maximum Gasteiger partial charge on any atom is 0.168 e. The van der Waals surface area contributed by atoms with Crippen molar-refractivity contribution in [3.8, 4) is 0 Å². The van der Waals surface area contributed by atoms with E-state index in [1.165, 1.54) is 25.7 Å². The lowest BCUT2D eigenvalue weighted by atomic mass is 10.2. The van der Waals surface area contributed by atoms with Gasteiger partial charge in [0.2, 0.25) is 0 Å². The highest BCUT2D eigenvalue weighted by Crippen LogP contribution is 2.32. The summed E-state index contributed by atoms with van der Waals surface area (Å²) in [4.78, 5) is 4.37. The van der Waals surface area contributed by atoms with Gasteiger partial charge in [-0.05, 0) is 12.8 Å². The van der Waals surface area contributed by atoms with Crippen LogP contribution in [0.4, 0.5) is 0 Å². The molecular weight excluding hydrogens is 194 g/mol. The molecule has 0 spiro atoms. The molecule has 4 heteroatoms. The maximum atomic E-state index is 5.49. The smallest absolute Gasteiger partial charge is 0.168 e. The van der Waals surface area contributed by atoms with Crippen LogP contribution in [0, 0.1) is 0 Å². The fraction of sp³-hybridized carbons (Fsp3) is 0.700. The second-order valence-corrected chi connectivity index (χ2v) is 4.75. The number of aromatic nitrogens is 2. The first-order valence-electron chi connectivity index (χ1n) is 5.27. The van der Waals surface area contributed by atoms with Gasteiger partial charge in [-0.15, -0.1) is 0 Å². The number of hydrogen-bond donors (Lipinski definition) is 1. The van der Waals surface area contributed by atoms with Crippen molar-refractivity contribution in [1.29, 1.82) is 0 Å². The minimum atomic E-state index is 0.692. The fourth-order valence-electron chi connectivity index (χ4n) is 2.02. The molecule has 0 radical (unpaired) electrons. The van der Waals surface area contributed by atoms with E-state index in [0.29, 0.717) is 6.04 Å². The van der Waals surface area contributed by atoms with Gasteiger partial charge in [-0.3, -0.25) is 0 Å². The highest BCUT2D eigenvalue weighted by molar-refractivity contribution is 7.99. The molecule has 0 saturated heterocycles. The molecule has 2 rings (SSSR count). The Labute approximate surface area is 89.1 Å². The molecule has 1 fully saturated rings. The van der Waals surface area contributed by atoms with Gasteiger partial charge in [0.15, 0.2) is 5.16 Å². The van der Waals surface area contributed by atoms with Crippen LogP contribution < -0.4 is 5.73 Å². The summed E-state index contributed by atoms with van der Waals surface area (Å²) in [6.07, 6.45) is 9.36. The topological polar surface area (TPSA) is 43.8 Å². The normalized spacial score (nSPS) is 17.8. The summed E-state index contributed by atoms with van der Waals surface area (Å²) in [5.74, 6) is 0.962. The van der Waals surface area contributed by atoms with Crippen LogP contribution in [-0.4, -0.2) is 21.8 Å². The first-order valence-corrected chi connectivity index (χ1v) is 6.26. The lowest BCUT2D eigenvalue weighted by Gasteiger charge is -2.13. The summed E-state index contributed by atoms with van der Waals surface area (Å²) in [6, 6.07) is 0.692. The molecule has 1 aromatic rings. The zero-order valence-electron chi connectivity index (χ0n) is 8.35. The standard InChI is InChI=1S/C10H17N3S/c11-5-8-14-10-12-6-7-13(10)9-3-1-2-4-9/h6-7,9H,1-5,8,11H2. The van der Waals surface area contributed by atoms with Crippen LogP contribution in [-0.2, 0) is 0 Å². The lowest BCUT2D eigenvalue weighted by Crippen LogP contribution is -2.07. The molecule has 0 amide bonds. The van der Waals surface area contributed by atoms with Crippen molar-refractivity contribution in [2.45, 2.75) is 36.9 Å². The average molecular weight is 211 g/mol.